The van der Waals surface area contributed by atoms with Crippen molar-refractivity contribution in [3.63, 3.8) is 0 Å². The Bertz CT molecular complexity index is 2270. The second-order valence-electron chi connectivity index (χ2n) is 10.8. The van der Waals surface area contributed by atoms with Crippen LogP contribution in [0, 0.1) is 0 Å². The summed E-state index contributed by atoms with van der Waals surface area (Å²) in [5.74, 6) is 0. The van der Waals surface area contributed by atoms with Gasteiger partial charge < -0.3 is 4.42 Å². The van der Waals surface area contributed by atoms with E-state index in [-0.39, 0.29) is 0 Å². The van der Waals surface area contributed by atoms with Gasteiger partial charge in [-0.25, -0.2) is 0 Å². The van der Waals surface area contributed by atoms with E-state index >= 15 is 0 Å². The highest BCUT2D eigenvalue weighted by molar-refractivity contribution is 6.19. The second-order valence-corrected chi connectivity index (χ2v) is 10.8. The first-order valence-corrected chi connectivity index (χ1v) is 14.1. The third-order valence-corrected chi connectivity index (χ3v) is 8.68. The van der Waals surface area contributed by atoms with Crippen molar-refractivity contribution in [1.29, 1.82) is 0 Å². The number of para-hydroxylation sites is 2. The molecule has 0 unspecified atom stereocenters. The molecule has 9 rings (SSSR count). The smallest absolute Gasteiger partial charge is 0.143 e. The average molecular weight is 521 g/mol. The van der Waals surface area contributed by atoms with Gasteiger partial charge in [0, 0.05) is 16.3 Å². The van der Waals surface area contributed by atoms with Gasteiger partial charge in [-0.05, 0) is 66.9 Å². The minimum atomic E-state index is 0.925. The Morgan fingerprint density at radius 2 is 0.780 bits per heavy atom. The van der Waals surface area contributed by atoms with Gasteiger partial charge in [0.05, 0.1) is 0 Å². The summed E-state index contributed by atoms with van der Waals surface area (Å²) in [6, 6.07) is 52.5. The van der Waals surface area contributed by atoms with Crippen LogP contribution in [0.1, 0.15) is 0 Å². The molecule has 1 aromatic heterocycles. The molecule has 41 heavy (non-hydrogen) atoms. The molecule has 190 valence electrons. The van der Waals surface area contributed by atoms with Crippen LogP contribution in [0.15, 0.2) is 150 Å². The maximum Gasteiger partial charge on any atom is 0.143 e. The van der Waals surface area contributed by atoms with Gasteiger partial charge in [0.15, 0.2) is 0 Å². The Balaban J connectivity index is 1.17. The lowest BCUT2D eigenvalue weighted by Crippen LogP contribution is -1.88. The highest BCUT2D eigenvalue weighted by Crippen LogP contribution is 2.50. The number of hydrogen-bond acceptors (Lipinski definition) is 1. The lowest BCUT2D eigenvalue weighted by Gasteiger charge is -2.14. The van der Waals surface area contributed by atoms with Crippen LogP contribution in [0.4, 0.5) is 0 Å². The second kappa shape index (κ2) is 8.55. The topological polar surface area (TPSA) is 13.1 Å². The van der Waals surface area contributed by atoms with Crippen molar-refractivity contribution in [1.82, 2.24) is 0 Å². The number of rotatable bonds is 3. The van der Waals surface area contributed by atoms with Crippen molar-refractivity contribution in [3.05, 3.63) is 146 Å². The minimum absolute atomic E-state index is 0.925. The predicted octanol–water partition coefficient (Wildman–Crippen LogP) is 11.4. The lowest BCUT2D eigenvalue weighted by atomic mass is 9.89. The zero-order valence-corrected chi connectivity index (χ0v) is 22.3. The van der Waals surface area contributed by atoms with E-state index in [2.05, 4.69) is 133 Å². The maximum atomic E-state index is 6.32. The van der Waals surface area contributed by atoms with Crippen LogP contribution < -0.4 is 0 Å². The van der Waals surface area contributed by atoms with Crippen LogP contribution in [0.2, 0.25) is 0 Å². The molecular weight excluding hydrogens is 496 g/mol. The van der Waals surface area contributed by atoms with E-state index < -0.39 is 0 Å². The summed E-state index contributed by atoms with van der Waals surface area (Å²) in [6.45, 7) is 0. The summed E-state index contributed by atoms with van der Waals surface area (Å²) in [4.78, 5) is 0. The van der Waals surface area contributed by atoms with E-state index in [0.29, 0.717) is 0 Å². The highest BCUT2D eigenvalue weighted by Gasteiger charge is 2.23. The standard InChI is InChI=1S/C40H24O/c1-2-10-29(32-23-24-36-31-12-4-3-11-30(31)34-15-8-16-35(32)39(34)36)27(9-1)25-19-21-26(22-20-25)28-14-7-17-37-33-13-5-6-18-38(33)41-40(28)37/h1-24H. The fourth-order valence-electron chi connectivity index (χ4n) is 6.82. The molecule has 1 nitrogen and oxygen atoms in total. The summed E-state index contributed by atoms with van der Waals surface area (Å²) in [5, 5.41) is 4.97. The van der Waals surface area contributed by atoms with Gasteiger partial charge in [-0.2, -0.15) is 0 Å². The first kappa shape index (κ1) is 22.4. The molecule has 0 saturated heterocycles. The molecular formula is C40H24O. The van der Waals surface area contributed by atoms with Gasteiger partial charge in [0.2, 0.25) is 0 Å². The van der Waals surface area contributed by atoms with E-state index in [1.807, 2.05) is 12.1 Å². The van der Waals surface area contributed by atoms with Gasteiger partial charge in [0.1, 0.15) is 11.2 Å². The zero-order chi connectivity index (χ0) is 26.9. The van der Waals surface area contributed by atoms with Gasteiger partial charge in [0.25, 0.3) is 0 Å². The summed E-state index contributed by atoms with van der Waals surface area (Å²) in [7, 11) is 0. The van der Waals surface area contributed by atoms with Crippen LogP contribution in [-0.4, -0.2) is 0 Å². The van der Waals surface area contributed by atoms with E-state index in [4.69, 9.17) is 4.42 Å². The summed E-state index contributed by atoms with van der Waals surface area (Å²) >= 11 is 0. The fraction of sp³-hybridized carbons (Fsp3) is 0. The zero-order valence-electron chi connectivity index (χ0n) is 22.3. The quantitative estimate of drug-likeness (QED) is 0.226. The molecule has 0 radical (unpaired) electrons. The van der Waals surface area contributed by atoms with Crippen molar-refractivity contribution in [2.75, 3.05) is 0 Å². The van der Waals surface area contributed by atoms with Crippen molar-refractivity contribution in [2.24, 2.45) is 0 Å². The van der Waals surface area contributed by atoms with Gasteiger partial charge in [-0.1, -0.05) is 140 Å². The van der Waals surface area contributed by atoms with Crippen LogP contribution in [0.3, 0.4) is 0 Å². The van der Waals surface area contributed by atoms with Crippen LogP contribution in [0.5, 0.6) is 0 Å². The van der Waals surface area contributed by atoms with Crippen molar-refractivity contribution >= 4 is 32.7 Å². The third kappa shape index (κ3) is 3.24. The van der Waals surface area contributed by atoms with E-state index in [9.17, 15) is 0 Å². The van der Waals surface area contributed by atoms with E-state index in [1.54, 1.807) is 0 Å². The third-order valence-electron chi connectivity index (χ3n) is 8.68. The molecule has 7 aromatic carbocycles. The van der Waals surface area contributed by atoms with Gasteiger partial charge in [-0.3, -0.25) is 0 Å². The largest absolute Gasteiger partial charge is 0.455 e. The molecule has 0 saturated carbocycles. The van der Waals surface area contributed by atoms with Crippen LogP contribution >= 0.6 is 0 Å². The molecule has 0 fully saturated rings. The lowest BCUT2D eigenvalue weighted by molar-refractivity contribution is 0.670. The molecule has 1 heteroatoms. The van der Waals surface area contributed by atoms with Crippen molar-refractivity contribution < 1.29 is 4.42 Å². The normalized spacial score (nSPS) is 11.9. The molecule has 1 aliphatic carbocycles. The number of furan rings is 1. The van der Waals surface area contributed by atoms with Crippen LogP contribution in [0.25, 0.3) is 88.3 Å². The van der Waals surface area contributed by atoms with E-state index in [1.165, 1.54) is 55.3 Å². The van der Waals surface area contributed by atoms with Crippen molar-refractivity contribution in [3.8, 4) is 55.6 Å². The SMILES string of the molecule is c1ccc(-c2ccc3c4c(cccc24)-c2ccccc2-3)c(-c2ccc(-c3cccc4c3oc3ccccc34)cc2)c1. The first-order chi connectivity index (χ1) is 20.3. The van der Waals surface area contributed by atoms with Crippen molar-refractivity contribution in [2.45, 2.75) is 0 Å². The Hall–Kier alpha value is -5.40. The average Bonchev–Trinajstić information content (AvgIpc) is 3.59. The molecule has 8 aromatic rings. The summed E-state index contributed by atoms with van der Waals surface area (Å²) < 4.78 is 6.32. The Morgan fingerprint density at radius 1 is 0.293 bits per heavy atom. The van der Waals surface area contributed by atoms with Crippen LogP contribution in [-0.2, 0) is 0 Å². The molecule has 0 spiro atoms. The minimum Gasteiger partial charge on any atom is -0.455 e. The van der Waals surface area contributed by atoms with Gasteiger partial charge in [-0.15, -0.1) is 0 Å². The Labute approximate surface area is 237 Å². The fourth-order valence-corrected chi connectivity index (χ4v) is 6.82. The molecule has 1 aliphatic rings. The first-order valence-electron chi connectivity index (χ1n) is 14.1. The molecule has 1 heterocycles. The molecule has 0 bridgehead atoms. The monoisotopic (exact) mass is 520 g/mol. The number of benzene rings is 7. The predicted molar refractivity (Wildman–Crippen MR) is 172 cm³/mol. The molecule has 0 N–H and O–H groups in total. The summed E-state index contributed by atoms with van der Waals surface area (Å²) in [5.41, 5.74) is 14.4. The van der Waals surface area contributed by atoms with Gasteiger partial charge >= 0.3 is 0 Å². The molecule has 0 atom stereocenters. The number of fused-ring (bicyclic) bond motifs is 6. The molecule has 0 aliphatic heterocycles. The Kier molecular flexibility index (Phi) is 4.67. The maximum absolute atomic E-state index is 6.32. The number of hydrogen-bond donors (Lipinski definition) is 0. The molecule has 0 amide bonds. The highest BCUT2D eigenvalue weighted by atomic mass is 16.3. The van der Waals surface area contributed by atoms with E-state index in [0.717, 1.165) is 33.1 Å². The summed E-state index contributed by atoms with van der Waals surface area (Å²) in [6.07, 6.45) is 0. The Morgan fingerprint density at radius 3 is 1.54 bits per heavy atom.